The van der Waals surface area contributed by atoms with Gasteiger partial charge in [-0.3, -0.25) is 4.79 Å². The number of nitrogens with one attached hydrogen (secondary N) is 1. The summed E-state index contributed by atoms with van der Waals surface area (Å²) in [7, 11) is 0. The maximum atomic E-state index is 13.9. The standard InChI is InChI=1S/C21H26FNO3/c1-5-25-18-12-11-15(13-19(18)26-6-2)20(14(3)4)23-21(24)16-9-7-8-10-17(16)22/h7-14,20H,5-6H2,1-4H3,(H,23,24). The number of benzene rings is 2. The third kappa shape index (κ3) is 4.75. The van der Waals surface area contributed by atoms with Crippen LogP contribution >= 0.6 is 0 Å². The van der Waals surface area contributed by atoms with Gasteiger partial charge >= 0.3 is 0 Å². The zero-order valence-electron chi connectivity index (χ0n) is 15.7. The van der Waals surface area contributed by atoms with Crippen LogP contribution in [0.3, 0.4) is 0 Å². The van der Waals surface area contributed by atoms with Crippen molar-refractivity contribution in [3.8, 4) is 11.5 Å². The van der Waals surface area contributed by atoms with Gasteiger partial charge in [0.05, 0.1) is 24.8 Å². The van der Waals surface area contributed by atoms with Crippen LogP contribution < -0.4 is 14.8 Å². The second-order valence-corrected chi connectivity index (χ2v) is 6.25. The van der Waals surface area contributed by atoms with Crippen LogP contribution in [-0.4, -0.2) is 19.1 Å². The molecule has 140 valence electrons. The molecule has 1 atom stereocenters. The van der Waals surface area contributed by atoms with Crippen LogP contribution in [0.5, 0.6) is 11.5 Å². The second kappa shape index (κ2) is 9.22. The van der Waals surface area contributed by atoms with E-state index in [-0.39, 0.29) is 17.5 Å². The number of carbonyl (C=O) groups is 1. The number of hydrogen-bond acceptors (Lipinski definition) is 3. The Bertz CT molecular complexity index is 746. The van der Waals surface area contributed by atoms with E-state index in [1.165, 1.54) is 12.1 Å². The normalized spacial score (nSPS) is 11.9. The van der Waals surface area contributed by atoms with Crippen molar-refractivity contribution < 1.29 is 18.7 Å². The SMILES string of the molecule is CCOc1ccc(C(NC(=O)c2ccccc2F)C(C)C)cc1OCC. The predicted molar refractivity (Wildman–Crippen MR) is 100 cm³/mol. The molecule has 2 rings (SSSR count). The second-order valence-electron chi connectivity index (χ2n) is 6.25. The molecule has 1 N–H and O–H groups in total. The molecule has 0 radical (unpaired) electrons. The number of amides is 1. The van der Waals surface area contributed by atoms with E-state index in [1.807, 2.05) is 45.9 Å². The molecule has 1 amide bonds. The summed E-state index contributed by atoms with van der Waals surface area (Å²) in [6.45, 7) is 8.87. The zero-order valence-corrected chi connectivity index (χ0v) is 15.7. The predicted octanol–water partition coefficient (Wildman–Crippen LogP) is 4.75. The first-order valence-electron chi connectivity index (χ1n) is 8.92. The van der Waals surface area contributed by atoms with Gasteiger partial charge in [0.15, 0.2) is 11.5 Å². The molecule has 0 aliphatic heterocycles. The number of carbonyl (C=O) groups excluding carboxylic acids is 1. The van der Waals surface area contributed by atoms with Crippen LogP contribution in [0.4, 0.5) is 4.39 Å². The van der Waals surface area contributed by atoms with Gasteiger partial charge in [-0.15, -0.1) is 0 Å². The van der Waals surface area contributed by atoms with Gasteiger partial charge in [-0.25, -0.2) is 4.39 Å². The first-order chi connectivity index (χ1) is 12.5. The molecule has 0 heterocycles. The van der Waals surface area contributed by atoms with E-state index in [1.54, 1.807) is 12.1 Å². The highest BCUT2D eigenvalue weighted by Gasteiger charge is 2.22. The Labute approximate surface area is 154 Å². The van der Waals surface area contributed by atoms with Crippen LogP contribution in [0, 0.1) is 11.7 Å². The number of halogens is 1. The van der Waals surface area contributed by atoms with Crippen molar-refractivity contribution >= 4 is 5.91 Å². The van der Waals surface area contributed by atoms with E-state index < -0.39 is 11.7 Å². The quantitative estimate of drug-likeness (QED) is 0.740. The Kier molecular flexibility index (Phi) is 7.01. The minimum Gasteiger partial charge on any atom is -0.490 e. The molecule has 5 heteroatoms. The lowest BCUT2D eigenvalue weighted by molar-refractivity contribution is 0.0921. The topological polar surface area (TPSA) is 47.6 Å². The van der Waals surface area contributed by atoms with E-state index >= 15 is 0 Å². The molecule has 0 aromatic heterocycles. The van der Waals surface area contributed by atoms with Crippen LogP contribution in [-0.2, 0) is 0 Å². The summed E-state index contributed by atoms with van der Waals surface area (Å²) in [4.78, 5) is 12.5. The van der Waals surface area contributed by atoms with Crippen molar-refractivity contribution in [2.75, 3.05) is 13.2 Å². The van der Waals surface area contributed by atoms with Gasteiger partial charge in [0.1, 0.15) is 5.82 Å². The van der Waals surface area contributed by atoms with Gasteiger partial charge < -0.3 is 14.8 Å². The van der Waals surface area contributed by atoms with Crippen LogP contribution in [0.2, 0.25) is 0 Å². The summed E-state index contributed by atoms with van der Waals surface area (Å²) in [6, 6.07) is 11.3. The minimum atomic E-state index is -0.533. The molecule has 26 heavy (non-hydrogen) atoms. The van der Waals surface area contributed by atoms with Crippen molar-refractivity contribution in [1.82, 2.24) is 5.32 Å². The molecule has 0 saturated heterocycles. The Hall–Kier alpha value is -2.56. The average molecular weight is 359 g/mol. The molecule has 0 aliphatic rings. The van der Waals surface area contributed by atoms with E-state index in [2.05, 4.69) is 5.32 Å². The van der Waals surface area contributed by atoms with Gasteiger partial charge in [-0.05, 0) is 49.6 Å². The molecule has 4 nitrogen and oxygen atoms in total. The third-order valence-electron chi connectivity index (χ3n) is 4.00. The Balaban J connectivity index is 2.30. The molecular weight excluding hydrogens is 333 g/mol. The summed E-state index contributed by atoms with van der Waals surface area (Å²) in [6.07, 6.45) is 0. The van der Waals surface area contributed by atoms with Gasteiger partial charge in [0.2, 0.25) is 0 Å². The summed E-state index contributed by atoms with van der Waals surface area (Å²) in [5, 5.41) is 2.94. The molecule has 2 aromatic carbocycles. The van der Waals surface area contributed by atoms with Crippen LogP contribution in [0.15, 0.2) is 42.5 Å². The van der Waals surface area contributed by atoms with E-state index in [0.717, 1.165) is 5.56 Å². The zero-order chi connectivity index (χ0) is 19.1. The average Bonchev–Trinajstić information content (AvgIpc) is 2.61. The maximum absolute atomic E-state index is 13.9. The van der Waals surface area contributed by atoms with Crippen molar-refractivity contribution in [2.24, 2.45) is 5.92 Å². The summed E-state index contributed by atoms with van der Waals surface area (Å²) in [5.41, 5.74) is 0.922. The highest BCUT2D eigenvalue weighted by atomic mass is 19.1. The fourth-order valence-corrected chi connectivity index (χ4v) is 2.76. The highest BCUT2D eigenvalue weighted by Crippen LogP contribution is 2.33. The van der Waals surface area contributed by atoms with Crippen LogP contribution in [0.1, 0.15) is 49.7 Å². The molecule has 1 unspecified atom stereocenters. The lowest BCUT2D eigenvalue weighted by Gasteiger charge is -2.24. The molecular formula is C21H26FNO3. The fraction of sp³-hybridized carbons (Fsp3) is 0.381. The van der Waals surface area contributed by atoms with E-state index in [4.69, 9.17) is 9.47 Å². The largest absolute Gasteiger partial charge is 0.490 e. The molecule has 0 aliphatic carbocycles. The minimum absolute atomic E-state index is 0.0362. The Morgan fingerprint density at radius 2 is 1.69 bits per heavy atom. The monoisotopic (exact) mass is 359 g/mol. The maximum Gasteiger partial charge on any atom is 0.254 e. The van der Waals surface area contributed by atoms with E-state index in [0.29, 0.717) is 24.7 Å². The first-order valence-corrected chi connectivity index (χ1v) is 8.92. The summed E-state index contributed by atoms with van der Waals surface area (Å²) < 4.78 is 25.2. The number of hydrogen-bond donors (Lipinski definition) is 1. The van der Waals surface area contributed by atoms with Gasteiger partial charge in [-0.1, -0.05) is 32.0 Å². The van der Waals surface area contributed by atoms with Crippen molar-refractivity contribution in [3.05, 3.63) is 59.4 Å². The summed E-state index contributed by atoms with van der Waals surface area (Å²) >= 11 is 0. The first kappa shape index (κ1) is 19.8. The number of ether oxygens (including phenoxy) is 2. The molecule has 0 fully saturated rings. The lowest BCUT2D eigenvalue weighted by atomic mass is 9.95. The summed E-state index contributed by atoms with van der Waals surface area (Å²) in [5.74, 6) is 0.444. The molecule has 2 aromatic rings. The van der Waals surface area contributed by atoms with Crippen molar-refractivity contribution in [2.45, 2.75) is 33.7 Å². The lowest BCUT2D eigenvalue weighted by Crippen LogP contribution is -2.32. The van der Waals surface area contributed by atoms with Crippen molar-refractivity contribution in [1.29, 1.82) is 0 Å². The van der Waals surface area contributed by atoms with Gasteiger partial charge in [-0.2, -0.15) is 0 Å². The van der Waals surface area contributed by atoms with Crippen LogP contribution in [0.25, 0.3) is 0 Å². The third-order valence-corrected chi connectivity index (χ3v) is 4.00. The molecule has 0 saturated carbocycles. The van der Waals surface area contributed by atoms with E-state index in [9.17, 15) is 9.18 Å². The fourth-order valence-electron chi connectivity index (χ4n) is 2.76. The molecule has 0 bridgehead atoms. The smallest absolute Gasteiger partial charge is 0.254 e. The Morgan fingerprint density at radius 3 is 2.31 bits per heavy atom. The Morgan fingerprint density at radius 1 is 1.04 bits per heavy atom. The van der Waals surface area contributed by atoms with Gasteiger partial charge in [0.25, 0.3) is 5.91 Å². The van der Waals surface area contributed by atoms with Gasteiger partial charge in [0, 0.05) is 0 Å². The highest BCUT2D eigenvalue weighted by molar-refractivity contribution is 5.94. The number of rotatable bonds is 8. The van der Waals surface area contributed by atoms with Crippen molar-refractivity contribution in [3.63, 3.8) is 0 Å². The molecule has 0 spiro atoms.